The molecule has 1 saturated carbocycles. The number of carboxylic acids is 1. The van der Waals surface area contributed by atoms with Crippen molar-refractivity contribution in [3.05, 3.63) is 22.6 Å². The lowest BCUT2D eigenvalue weighted by atomic mass is 9.86. The summed E-state index contributed by atoms with van der Waals surface area (Å²) in [5.74, 6) is 0.0924. The molecule has 0 saturated heterocycles. The maximum Gasteiger partial charge on any atom is 0.306 e. The highest BCUT2D eigenvalue weighted by atomic mass is 79.9. The second-order valence-corrected chi connectivity index (χ2v) is 5.70. The first-order valence-corrected chi connectivity index (χ1v) is 7.09. The van der Waals surface area contributed by atoms with E-state index in [2.05, 4.69) is 28.2 Å². The molecule has 1 unspecified atom stereocenters. The van der Waals surface area contributed by atoms with E-state index >= 15 is 0 Å². The van der Waals surface area contributed by atoms with Crippen molar-refractivity contribution in [2.24, 2.45) is 5.92 Å². The summed E-state index contributed by atoms with van der Waals surface area (Å²) in [5.41, 5.74) is 0. The molecule has 0 aromatic carbocycles. The van der Waals surface area contributed by atoms with Gasteiger partial charge in [-0.05, 0) is 60.7 Å². The summed E-state index contributed by atoms with van der Waals surface area (Å²) in [7, 11) is 0. The van der Waals surface area contributed by atoms with Crippen LogP contribution in [0.2, 0.25) is 0 Å². The Kier molecular flexibility index (Phi) is 4.45. The zero-order valence-corrected chi connectivity index (χ0v) is 11.9. The van der Waals surface area contributed by atoms with Crippen LogP contribution in [0.5, 0.6) is 0 Å². The van der Waals surface area contributed by atoms with Gasteiger partial charge in [-0.1, -0.05) is 0 Å². The molecule has 2 rings (SSSR count). The molecular weight excluding hydrogens is 298 g/mol. The Labute approximate surface area is 115 Å². The third kappa shape index (κ3) is 3.36. The Balaban J connectivity index is 1.83. The molecule has 1 aliphatic carbocycles. The standard InChI is InChI=1S/C13H18BrNO3/c1-8(11-6-7-12(14)18-11)15-10-4-2-9(3-5-10)13(16)17/h6-10,15H,2-5H2,1H3,(H,16,17). The van der Waals surface area contributed by atoms with Gasteiger partial charge in [-0.15, -0.1) is 0 Å². The van der Waals surface area contributed by atoms with E-state index in [0.29, 0.717) is 6.04 Å². The fraction of sp³-hybridized carbons (Fsp3) is 0.615. The van der Waals surface area contributed by atoms with E-state index in [1.165, 1.54) is 0 Å². The average Bonchev–Trinajstić information content (AvgIpc) is 2.76. The molecule has 1 aliphatic rings. The van der Waals surface area contributed by atoms with Gasteiger partial charge in [0.05, 0.1) is 12.0 Å². The van der Waals surface area contributed by atoms with Crippen molar-refractivity contribution in [3.8, 4) is 0 Å². The first-order chi connectivity index (χ1) is 8.56. The number of halogens is 1. The summed E-state index contributed by atoms with van der Waals surface area (Å²) < 4.78 is 6.24. The first kappa shape index (κ1) is 13.6. The van der Waals surface area contributed by atoms with Gasteiger partial charge in [0, 0.05) is 6.04 Å². The number of hydrogen-bond donors (Lipinski definition) is 2. The lowest BCUT2D eigenvalue weighted by Gasteiger charge is -2.28. The number of hydrogen-bond acceptors (Lipinski definition) is 3. The minimum absolute atomic E-state index is 0.155. The maximum atomic E-state index is 10.9. The molecule has 100 valence electrons. The number of furan rings is 1. The Morgan fingerprint density at radius 1 is 1.44 bits per heavy atom. The van der Waals surface area contributed by atoms with Crippen molar-refractivity contribution in [3.63, 3.8) is 0 Å². The quantitative estimate of drug-likeness (QED) is 0.894. The number of rotatable bonds is 4. The van der Waals surface area contributed by atoms with Gasteiger partial charge in [-0.25, -0.2) is 0 Å². The Hall–Kier alpha value is -0.810. The zero-order chi connectivity index (χ0) is 13.1. The number of nitrogens with one attached hydrogen (secondary N) is 1. The lowest BCUT2D eigenvalue weighted by molar-refractivity contribution is -0.142. The molecule has 1 aromatic heterocycles. The Morgan fingerprint density at radius 2 is 2.11 bits per heavy atom. The van der Waals surface area contributed by atoms with Gasteiger partial charge >= 0.3 is 5.97 Å². The van der Waals surface area contributed by atoms with Crippen LogP contribution in [0.25, 0.3) is 0 Å². The second kappa shape index (κ2) is 5.89. The highest BCUT2D eigenvalue weighted by molar-refractivity contribution is 9.10. The fourth-order valence-corrected chi connectivity index (χ4v) is 2.82. The molecule has 0 bridgehead atoms. The molecule has 2 N–H and O–H groups in total. The topological polar surface area (TPSA) is 62.5 Å². The molecule has 1 atom stereocenters. The molecule has 18 heavy (non-hydrogen) atoms. The van der Waals surface area contributed by atoms with Gasteiger partial charge in [0.1, 0.15) is 5.76 Å². The second-order valence-electron chi connectivity index (χ2n) is 4.92. The Morgan fingerprint density at radius 3 is 2.61 bits per heavy atom. The van der Waals surface area contributed by atoms with Gasteiger partial charge in [-0.2, -0.15) is 0 Å². The van der Waals surface area contributed by atoms with E-state index in [9.17, 15) is 4.79 Å². The van der Waals surface area contributed by atoms with E-state index in [4.69, 9.17) is 9.52 Å². The normalized spacial score (nSPS) is 25.9. The van der Waals surface area contributed by atoms with E-state index < -0.39 is 5.97 Å². The highest BCUT2D eigenvalue weighted by Crippen LogP contribution is 2.27. The van der Waals surface area contributed by atoms with Gasteiger partial charge < -0.3 is 14.8 Å². The first-order valence-electron chi connectivity index (χ1n) is 6.30. The molecule has 0 spiro atoms. The van der Waals surface area contributed by atoms with Crippen LogP contribution in [0.1, 0.15) is 44.4 Å². The fourth-order valence-electron chi connectivity index (χ4n) is 2.50. The van der Waals surface area contributed by atoms with Crippen LogP contribution < -0.4 is 5.32 Å². The minimum Gasteiger partial charge on any atom is -0.481 e. The van der Waals surface area contributed by atoms with Crippen molar-refractivity contribution >= 4 is 21.9 Å². The van der Waals surface area contributed by atoms with Crippen molar-refractivity contribution < 1.29 is 14.3 Å². The minimum atomic E-state index is -0.656. The average molecular weight is 316 g/mol. The highest BCUT2D eigenvalue weighted by Gasteiger charge is 2.27. The monoisotopic (exact) mass is 315 g/mol. The SMILES string of the molecule is CC(NC1CCC(C(=O)O)CC1)c1ccc(Br)o1. The third-order valence-corrected chi connectivity index (χ3v) is 4.01. The van der Waals surface area contributed by atoms with Gasteiger partial charge in [0.15, 0.2) is 4.67 Å². The molecule has 4 nitrogen and oxygen atoms in total. The number of aliphatic carboxylic acids is 1. The van der Waals surface area contributed by atoms with Crippen molar-refractivity contribution in [1.82, 2.24) is 5.32 Å². The summed E-state index contributed by atoms with van der Waals surface area (Å²) >= 11 is 3.29. The van der Waals surface area contributed by atoms with Crippen LogP contribution >= 0.6 is 15.9 Å². The molecule has 0 amide bonds. The summed E-state index contributed by atoms with van der Waals surface area (Å²) in [6.07, 6.45) is 3.37. The predicted octanol–water partition coefficient (Wildman–Crippen LogP) is 3.34. The van der Waals surface area contributed by atoms with E-state index in [1.807, 2.05) is 12.1 Å². The van der Waals surface area contributed by atoms with Crippen LogP contribution in [-0.2, 0) is 4.79 Å². The van der Waals surface area contributed by atoms with Crippen molar-refractivity contribution in [2.45, 2.75) is 44.7 Å². The maximum absolute atomic E-state index is 10.9. The van der Waals surface area contributed by atoms with Crippen LogP contribution in [0.4, 0.5) is 0 Å². The number of carbonyl (C=O) groups is 1. The largest absolute Gasteiger partial charge is 0.481 e. The lowest BCUT2D eigenvalue weighted by Crippen LogP contribution is -2.36. The van der Waals surface area contributed by atoms with Crippen molar-refractivity contribution in [1.29, 1.82) is 0 Å². The molecular formula is C13H18BrNO3. The summed E-state index contributed by atoms with van der Waals surface area (Å²) in [5, 5.41) is 12.4. The summed E-state index contributed by atoms with van der Waals surface area (Å²) in [6.45, 7) is 2.06. The molecule has 5 heteroatoms. The van der Waals surface area contributed by atoms with E-state index in [-0.39, 0.29) is 12.0 Å². The van der Waals surface area contributed by atoms with Crippen LogP contribution in [-0.4, -0.2) is 17.1 Å². The van der Waals surface area contributed by atoms with Gasteiger partial charge in [-0.3, -0.25) is 4.79 Å². The van der Waals surface area contributed by atoms with Crippen LogP contribution in [0.15, 0.2) is 21.2 Å². The Bertz CT molecular complexity index is 410. The molecule has 0 radical (unpaired) electrons. The van der Waals surface area contributed by atoms with Crippen LogP contribution in [0, 0.1) is 5.92 Å². The number of carboxylic acid groups (broad SMARTS) is 1. The molecule has 1 heterocycles. The van der Waals surface area contributed by atoms with E-state index in [0.717, 1.165) is 36.1 Å². The van der Waals surface area contributed by atoms with Gasteiger partial charge in [0.25, 0.3) is 0 Å². The predicted molar refractivity (Wildman–Crippen MR) is 71.3 cm³/mol. The van der Waals surface area contributed by atoms with E-state index in [1.54, 1.807) is 0 Å². The molecule has 1 aromatic rings. The molecule has 1 fully saturated rings. The zero-order valence-electron chi connectivity index (χ0n) is 10.4. The summed E-state index contributed by atoms with van der Waals surface area (Å²) in [4.78, 5) is 10.9. The van der Waals surface area contributed by atoms with Crippen molar-refractivity contribution in [2.75, 3.05) is 0 Å². The molecule has 0 aliphatic heterocycles. The van der Waals surface area contributed by atoms with Crippen LogP contribution in [0.3, 0.4) is 0 Å². The summed E-state index contributed by atoms with van der Waals surface area (Å²) in [6, 6.07) is 4.38. The smallest absolute Gasteiger partial charge is 0.306 e. The third-order valence-electron chi connectivity index (χ3n) is 3.58. The van der Waals surface area contributed by atoms with Gasteiger partial charge in [0.2, 0.25) is 0 Å².